The first-order chi connectivity index (χ1) is 30.7. The summed E-state index contributed by atoms with van der Waals surface area (Å²) in [5.74, 6) is 1.92. The highest BCUT2D eigenvalue weighted by Crippen LogP contribution is 2.63. The summed E-state index contributed by atoms with van der Waals surface area (Å²) in [7, 11) is 0. The lowest BCUT2D eigenvalue weighted by molar-refractivity contribution is 0.753. The average molecular weight is 791 g/mol. The standard InChI is InChI=1S/C58H38N4/c1-4-16-39(17-5-1)40-28-32-43(33-29-40)56-59-55(42-18-6-2-7-19-42)60-57(61-56)44-34-30-41(31-35-44)45-36-37-50-48(38-45)47-22-10-11-23-49(47)58(50)51-24-12-14-26-53(51)62(46-20-8-3-9-21-46)54-27-15-13-25-52(54)58/h1-38H. The largest absolute Gasteiger partial charge is 0.310 e. The molecule has 4 heteroatoms. The minimum absolute atomic E-state index is 0.485. The van der Waals surface area contributed by atoms with Crippen molar-refractivity contribution in [1.29, 1.82) is 0 Å². The van der Waals surface area contributed by atoms with E-state index < -0.39 is 5.41 Å². The van der Waals surface area contributed by atoms with Gasteiger partial charge >= 0.3 is 0 Å². The van der Waals surface area contributed by atoms with Crippen LogP contribution in [-0.4, -0.2) is 15.0 Å². The molecule has 4 nitrogen and oxygen atoms in total. The molecule has 290 valence electrons. The van der Waals surface area contributed by atoms with Crippen molar-refractivity contribution in [1.82, 2.24) is 15.0 Å². The monoisotopic (exact) mass is 790 g/mol. The van der Waals surface area contributed by atoms with Crippen molar-refractivity contribution in [3.63, 3.8) is 0 Å². The van der Waals surface area contributed by atoms with Crippen molar-refractivity contribution in [3.8, 4) is 67.5 Å². The fraction of sp³-hybridized carbons (Fsp3) is 0.0172. The first-order valence-corrected chi connectivity index (χ1v) is 21.1. The minimum Gasteiger partial charge on any atom is -0.310 e. The predicted octanol–water partition coefficient (Wildman–Crippen LogP) is 14.4. The van der Waals surface area contributed by atoms with Gasteiger partial charge in [0.2, 0.25) is 0 Å². The van der Waals surface area contributed by atoms with Gasteiger partial charge in [-0.25, -0.2) is 15.0 Å². The summed E-state index contributed by atoms with van der Waals surface area (Å²) < 4.78 is 0. The van der Waals surface area contributed by atoms with Gasteiger partial charge in [-0.1, -0.05) is 200 Å². The molecule has 0 bridgehead atoms. The number of hydrogen-bond donors (Lipinski definition) is 0. The highest BCUT2D eigenvalue weighted by molar-refractivity contribution is 5.96. The minimum atomic E-state index is -0.485. The van der Waals surface area contributed by atoms with Gasteiger partial charge in [0.15, 0.2) is 17.5 Å². The molecule has 62 heavy (non-hydrogen) atoms. The van der Waals surface area contributed by atoms with Crippen LogP contribution in [0.15, 0.2) is 231 Å². The SMILES string of the molecule is c1ccc(-c2ccc(-c3nc(-c4ccccc4)nc(-c4ccc(-c5ccc6c(c5)-c5ccccc5C65c6ccccc6N(c6ccccc6)c6ccccc65)cc4)n3)cc2)cc1. The van der Waals surface area contributed by atoms with Crippen molar-refractivity contribution in [2.24, 2.45) is 0 Å². The van der Waals surface area contributed by atoms with E-state index >= 15 is 0 Å². The molecular formula is C58H38N4. The van der Waals surface area contributed by atoms with E-state index in [0.717, 1.165) is 39.1 Å². The maximum Gasteiger partial charge on any atom is 0.164 e. The molecule has 2 aliphatic rings. The third-order valence-electron chi connectivity index (χ3n) is 12.6. The predicted molar refractivity (Wildman–Crippen MR) is 253 cm³/mol. The second-order valence-corrected chi connectivity index (χ2v) is 16.0. The number of anilines is 3. The summed E-state index contributed by atoms with van der Waals surface area (Å²) in [6.07, 6.45) is 0. The van der Waals surface area contributed by atoms with Gasteiger partial charge in [-0.15, -0.1) is 0 Å². The van der Waals surface area contributed by atoms with Crippen LogP contribution in [0.5, 0.6) is 0 Å². The Labute approximate surface area is 361 Å². The van der Waals surface area contributed by atoms with Crippen LogP contribution in [0, 0.1) is 0 Å². The first-order valence-electron chi connectivity index (χ1n) is 21.1. The van der Waals surface area contributed by atoms with E-state index in [1.54, 1.807) is 0 Å². The molecule has 1 aliphatic heterocycles. The Kier molecular flexibility index (Phi) is 8.36. The van der Waals surface area contributed by atoms with Crippen LogP contribution in [0.1, 0.15) is 22.3 Å². The third kappa shape index (κ3) is 5.65. The van der Waals surface area contributed by atoms with E-state index in [2.05, 4.69) is 199 Å². The zero-order valence-electron chi connectivity index (χ0n) is 33.7. The fourth-order valence-corrected chi connectivity index (χ4v) is 9.75. The number of para-hydroxylation sites is 3. The van der Waals surface area contributed by atoms with Crippen LogP contribution in [-0.2, 0) is 5.41 Å². The molecule has 0 saturated carbocycles. The van der Waals surface area contributed by atoms with Crippen LogP contribution >= 0.6 is 0 Å². The topological polar surface area (TPSA) is 41.9 Å². The Bertz CT molecular complexity index is 3220. The van der Waals surface area contributed by atoms with Crippen molar-refractivity contribution in [2.75, 3.05) is 4.90 Å². The summed E-state index contributed by atoms with van der Waals surface area (Å²) in [5.41, 5.74) is 18.2. The molecule has 0 saturated heterocycles. The smallest absolute Gasteiger partial charge is 0.164 e. The van der Waals surface area contributed by atoms with Gasteiger partial charge in [0.25, 0.3) is 0 Å². The summed E-state index contributed by atoms with van der Waals surface area (Å²) in [6.45, 7) is 0. The summed E-state index contributed by atoms with van der Waals surface area (Å²) in [5, 5.41) is 0. The van der Waals surface area contributed by atoms with Gasteiger partial charge < -0.3 is 4.90 Å². The van der Waals surface area contributed by atoms with Crippen molar-refractivity contribution < 1.29 is 0 Å². The number of benzene rings is 9. The second-order valence-electron chi connectivity index (χ2n) is 16.0. The zero-order valence-corrected chi connectivity index (χ0v) is 33.7. The van der Waals surface area contributed by atoms with E-state index in [9.17, 15) is 0 Å². The van der Waals surface area contributed by atoms with Crippen LogP contribution in [0.2, 0.25) is 0 Å². The van der Waals surface area contributed by atoms with Crippen molar-refractivity contribution in [3.05, 3.63) is 253 Å². The van der Waals surface area contributed by atoms with Crippen LogP contribution in [0.4, 0.5) is 17.1 Å². The molecule has 10 aromatic rings. The van der Waals surface area contributed by atoms with E-state index in [-0.39, 0.29) is 0 Å². The van der Waals surface area contributed by atoms with Gasteiger partial charge in [0.1, 0.15) is 0 Å². The average Bonchev–Trinajstić information content (AvgIpc) is 3.65. The van der Waals surface area contributed by atoms with E-state index in [0.29, 0.717) is 17.5 Å². The third-order valence-corrected chi connectivity index (χ3v) is 12.6. The maximum absolute atomic E-state index is 5.06. The Morgan fingerprint density at radius 2 is 0.645 bits per heavy atom. The van der Waals surface area contributed by atoms with Gasteiger partial charge in [0, 0.05) is 22.4 Å². The van der Waals surface area contributed by atoms with Crippen LogP contribution < -0.4 is 4.90 Å². The molecular weight excluding hydrogens is 753 g/mol. The lowest BCUT2D eigenvalue weighted by Gasteiger charge is -2.45. The van der Waals surface area contributed by atoms with Crippen LogP contribution in [0.3, 0.4) is 0 Å². The maximum atomic E-state index is 5.06. The second kappa shape index (κ2) is 14.5. The Morgan fingerprint density at radius 3 is 1.21 bits per heavy atom. The zero-order chi connectivity index (χ0) is 41.0. The molecule has 0 unspecified atom stereocenters. The van der Waals surface area contributed by atoms with Crippen molar-refractivity contribution in [2.45, 2.75) is 5.41 Å². The quantitative estimate of drug-likeness (QED) is 0.168. The molecule has 0 radical (unpaired) electrons. The number of aromatic nitrogens is 3. The van der Waals surface area contributed by atoms with E-state index in [4.69, 9.17) is 15.0 Å². The molecule has 0 amide bonds. The summed E-state index contributed by atoms with van der Waals surface area (Å²) >= 11 is 0. The Balaban J connectivity index is 0.950. The Morgan fingerprint density at radius 1 is 0.274 bits per heavy atom. The molecule has 2 heterocycles. The number of rotatable bonds is 6. The Hall–Kier alpha value is -8.21. The molecule has 9 aromatic carbocycles. The molecule has 1 aliphatic carbocycles. The number of nitrogens with zero attached hydrogens (tertiary/aromatic N) is 4. The molecule has 1 aromatic heterocycles. The summed E-state index contributed by atoms with van der Waals surface area (Å²) in [6, 6.07) is 82.3. The molecule has 12 rings (SSSR count). The highest BCUT2D eigenvalue weighted by atomic mass is 15.2. The lowest BCUT2D eigenvalue weighted by atomic mass is 9.64. The van der Waals surface area contributed by atoms with Gasteiger partial charge in [-0.3, -0.25) is 0 Å². The van der Waals surface area contributed by atoms with E-state index in [1.165, 1.54) is 50.3 Å². The van der Waals surface area contributed by atoms with Gasteiger partial charge in [-0.2, -0.15) is 0 Å². The fourth-order valence-electron chi connectivity index (χ4n) is 9.75. The molecule has 0 N–H and O–H groups in total. The van der Waals surface area contributed by atoms with E-state index in [1.807, 2.05) is 36.4 Å². The number of hydrogen-bond acceptors (Lipinski definition) is 4. The van der Waals surface area contributed by atoms with Crippen molar-refractivity contribution >= 4 is 17.1 Å². The summed E-state index contributed by atoms with van der Waals surface area (Å²) in [4.78, 5) is 17.5. The first kappa shape index (κ1) is 35.7. The van der Waals surface area contributed by atoms with Crippen LogP contribution in [0.25, 0.3) is 67.5 Å². The van der Waals surface area contributed by atoms with Gasteiger partial charge in [0.05, 0.1) is 16.8 Å². The van der Waals surface area contributed by atoms with Gasteiger partial charge in [-0.05, 0) is 86.0 Å². The molecule has 0 fully saturated rings. The highest BCUT2D eigenvalue weighted by Gasteiger charge is 2.51. The molecule has 1 spiro atoms. The normalized spacial score (nSPS) is 12.9. The lowest BCUT2D eigenvalue weighted by Crippen LogP contribution is -2.36. The molecule has 0 atom stereocenters. The number of fused-ring (bicyclic) bond motifs is 9.